The molecule has 6 heteroatoms. The Bertz CT molecular complexity index is 616. The molecule has 0 aliphatic rings. The van der Waals surface area contributed by atoms with Crippen molar-refractivity contribution in [2.24, 2.45) is 5.92 Å². The number of aromatic nitrogens is 3. The minimum atomic E-state index is 0.482. The largest absolute Gasteiger partial charge is 0.300 e. The number of benzene rings is 1. The Morgan fingerprint density at radius 2 is 2.06 bits per heavy atom. The lowest BCUT2D eigenvalue weighted by Crippen LogP contribution is -2.06. The predicted octanol–water partition coefficient (Wildman–Crippen LogP) is 4.57. The van der Waals surface area contributed by atoms with E-state index in [0.717, 1.165) is 17.9 Å². The molecule has 0 radical (unpaired) electrons. The number of nitrogens with one attached hydrogen (secondary N) is 1. The third kappa shape index (κ3) is 2.76. The third-order valence-electron chi connectivity index (χ3n) is 2.48. The smallest absolute Gasteiger partial charge is 0.195 e. The van der Waals surface area contributed by atoms with Gasteiger partial charge in [0, 0.05) is 12.1 Å². The van der Waals surface area contributed by atoms with Crippen LogP contribution in [0.15, 0.2) is 18.2 Å². The topological polar surface area (TPSA) is 33.6 Å². The molecule has 0 aliphatic heterocycles. The van der Waals surface area contributed by atoms with Crippen molar-refractivity contribution in [2.45, 2.75) is 20.4 Å². The van der Waals surface area contributed by atoms with Gasteiger partial charge in [-0.05, 0) is 36.3 Å². The zero-order valence-electron chi connectivity index (χ0n) is 10.1. The first-order valence-corrected chi connectivity index (χ1v) is 6.76. The van der Waals surface area contributed by atoms with Crippen LogP contribution in [0, 0.1) is 10.7 Å². The average molecular weight is 302 g/mol. The van der Waals surface area contributed by atoms with Crippen molar-refractivity contribution >= 4 is 35.4 Å². The summed E-state index contributed by atoms with van der Waals surface area (Å²) in [5, 5.41) is 8.11. The fourth-order valence-electron chi connectivity index (χ4n) is 1.71. The van der Waals surface area contributed by atoms with Gasteiger partial charge in [0.25, 0.3) is 0 Å². The Kier molecular flexibility index (Phi) is 4.10. The molecule has 0 spiro atoms. The van der Waals surface area contributed by atoms with E-state index in [9.17, 15) is 0 Å². The van der Waals surface area contributed by atoms with Crippen LogP contribution in [0.4, 0.5) is 0 Å². The number of hydrogen-bond acceptors (Lipinski definition) is 2. The highest BCUT2D eigenvalue weighted by atomic mass is 35.5. The quantitative estimate of drug-likeness (QED) is 0.843. The maximum atomic E-state index is 6.02. The van der Waals surface area contributed by atoms with Crippen LogP contribution < -0.4 is 0 Å². The lowest BCUT2D eigenvalue weighted by molar-refractivity contribution is 0.521. The van der Waals surface area contributed by atoms with Crippen molar-refractivity contribution in [3.8, 4) is 11.4 Å². The molecule has 96 valence electrons. The first-order chi connectivity index (χ1) is 8.49. The highest BCUT2D eigenvalue weighted by Gasteiger charge is 2.11. The molecule has 0 saturated heterocycles. The molecule has 1 N–H and O–H groups in total. The van der Waals surface area contributed by atoms with Gasteiger partial charge < -0.3 is 0 Å². The van der Waals surface area contributed by atoms with E-state index in [4.69, 9.17) is 35.4 Å². The van der Waals surface area contributed by atoms with Gasteiger partial charge in [-0.25, -0.2) is 0 Å². The summed E-state index contributed by atoms with van der Waals surface area (Å²) in [4.78, 5) is 0. The summed E-state index contributed by atoms with van der Waals surface area (Å²) in [6.07, 6.45) is 0. The first-order valence-electron chi connectivity index (χ1n) is 5.59. The second-order valence-corrected chi connectivity index (χ2v) is 5.69. The molecule has 0 unspecified atom stereocenters. The Labute approximate surface area is 121 Å². The number of aromatic amines is 1. The molecular formula is C12H13Cl2N3S. The van der Waals surface area contributed by atoms with Crippen molar-refractivity contribution in [3.63, 3.8) is 0 Å². The van der Waals surface area contributed by atoms with Crippen LogP contribution in [0.3, 0.4) is 0 Å². The Morgan fingerprint density at radius 1 is 1.33 bits per heavy atom. The van der Waals surface area contributed by atoms with Crippen LogP contribution in [-0.2, 0) is 6.54 Å². The number of nitrogens with zero attached hydrogens (tertiary/aromatic N) is 2. The van der Waals surface area contributed by atoms with Crippen LogP contribution in [-0.4, -0.2) is 14.8 Å². The number of rotatable bonds is 3. The molecule has 0 atom stereocenters. The van der Waals surface area contributed by atoms with E-state index in [1.54, 1.807) is 12.1 Å². The fourth-order valence-corrected chi connectivity index (χ4v) is 2.21. The molecule has 18 heavy (non-hydrogen) atoms. The van der Waals surface area contributed by atoms with E-state index < -0.39 is 0 Å². The third-order valence-corrected chi connectivity index (χ3v) is 3.53. The molecule has 1 heterocycles. The van der Waals surface area contributed by atoms with E-state index in [1.807, 2.05) is 10.6 Å². The van der Waals surface area contributed by atoms with E-state index in [-0.39, 0.29) is 0 Å². The number of halogens is 2. The summed E-state index contributed by atoms with van der Waals surface area (Å²) in [5.74, 6) is 1.27. The van der Waals surface area contributed by atoms with E-state index in [1.165, 1.54) is 0 Å². The molecule has 0 fully saturated rings. The highest BCUT2D eigenvalue weighted by Crippen LogP contribution is 2.27. The average Bonchev–Trinajstić information content (AvgIpc) is 2.64. The summed E-state index contributed by atoms with van der Waals surface area (Å²) in [5.41, 5.74) is 0.900. The van der Waals surface area contributed by atoms with Crippen molar-refractivity contribution in [1.82, 2.24) is 14.8 Å². The van der Waals surface area contributed by atoms with E-state index in [2.05, 4.69) is 24.0 Å². The van der Waals surface area contributed by atoms with Gasteiger partial charge >= 0.3 is 0 Å². The van der Waals surface area contributed by atoms with Gasteiger partial charge in [-0.2, -0.15) is 5.10 Å². The molecule has 0 saturated carbocycles. The lowest BCUT2D eigenvalue weighted by Gasteiger charge is -2.09. The van der Waals surface area contributed by atoms with Gasteiger partial charge in [0.1, 0.15) is 0 Å². The molecule has 0 amide bonds. The van der Waals surface area contributed by atoms with Gasteiger partial charge in [0.05, 0.1) is 10.0 Å². The standard InChI is InChI=1S/C12H13Cl2N3S/c1-7(2)6-17-11(15-16-12(17)18)8-3-4-9(13)10(14)5-8/h3-5,7H,6H2,1-2H3,(H,16,18). The zero-order chi connectivity index (χ0) is 13.3. The van der Waals surface area contributed by atoms with Crippen molar-refractivity contribution in [3.05, 3.63) is 33.0 Å². The Morgan fingerprint density at radius 3 is 2.67 bits per heavy atom. The predicted molar refractivity (Wildman–Crippen MR) is 77.7 cm³/mol. The molecule has 1 aromatic heterocycles. The van der Waals surface area contributed by atoms with Gasteiger partial charge in [0.2, 0.25) is 0 Å². The zero-order valence-corrected chi connectivity index (χ0v) is 12.4. The van der Waals surface area contributed by atoms with Crippen LogP contribution in [0.5, 0.6) is 0 Å². The SMILES string of the molecule is CC(C)Cn1c(-c2ccc(Cl)c(Cl)c2)n[nH]c1=S. The van der Waals surface area contributed by atoms with Crippen LogP contribution >= 0.6 is 35.4 Å². The second kappa shape index (κ2) is 5.43. The van der Waals surface area contributed by atoms with Crippen molar-refractivity contribution < 1.29 is 0 Å². The van der Waals surface area contributed by atoms with Gasteiger partial charge in [0.15, 0.2) is 10.6 Å². The van der Waals surface area contributed by atoms with Crippen molar-refractivity contribution in [1.29, 1.82) is 0 Å². The molecular weight excluding hydrogens is 289 g/mol. The molecule has 2 rings (SSSR count). The summed E-state index contributed by atoms with van der Waals surface area (Å²) >= 11 is 17.2. The molecule has 0 aliphatic carbocycles. The first kappa shape index (κ1) is 13.6. The number of hydrogen-bond donors (Lipinski definition) is 1. The minimum absolute atomic E-state index is 0.482. The molecule has 3 nitrogen and oxygen atoms in total. The fraction of sp³-hybridized carbons (Fsp3) is 0.333. The second-order valence-electron chi connectivity index (χ2n) is 4.49. The maximum absolute atomic E-state index is 6.02. The molecule has 0 bridgehead atoms. The van der Waals surface area contributed by atoms with Gasteiger partial charge in [-0.15, -0.1) is 0 Å². The van der Waals surface area contributed by atoms with Gasteiger partial charge in [-0.1, -0.05) is 37.0 Å². The van der Waals surface area contributed by atoms with Crippen LogP contribution in [0.25, 0.3) is 11.4 Å². The van der Waals surface area contributed by atoms with Gasteiger partial charge in [-0.3, -0.25) is 9.67 Å². The minimum Gasteiger partial charge on any atom is -0.300 e. The maximum Gasteiger partial charge on any atom is 0.195 e. The van der Waals surface area contributed by atoms with Crippen molar-refractivity contribution in [2.75, 3.05) is 0 Å². The number of H-pyrrole nitrogens is 1. The van der Waals surface area contributed by atoms with Crippen LogP contribution in [0.1, 0.15) is 13.8 Å². The monoisotopic (exact) mass is 301 g/mol. The normalized spacial score (nSPS) is 11.2. The molecule has 1 aromatic carbocycles. The Balaban J connectivity index is 2.50. The Hall–Kier alpha value is -0.840. The van der Waals surface area contributed by atoms with E-state index in [0.29, 0.717) is 20.7 Å². The summed E-state index contributed by atoms with van der Waals surface area (Å²) in [6, 6.07) is 5.44. The van der Waals surface area contributed by atoms with Crippen LogP contribution in [0.2, 0.25) is 10.0 Å². The summed E-state index contributed by atoms with van der Waals surface area (Å²) in [7, 11) is 0. The summed E-state index contributed by atoms with van der Waals surface area (Å²) < 4.78 is 2.59. The lowest BCUT2D eigenvalue weighted by atomic mass is 10.2. The highest BCUT2D eigenvalue weighted by molar-refractivity contribution is 7.71. The van der Waals surface area contributed by atoms with E-state index >= 15 is 0 Å². The molecule has 2 aromatic rings. The summed E-state index contributed by atoms with van der Waals surface area (Å²) in [6.45, 7) is 5.08.